The molecule has 0 saturated heterocycles. The summed E-state index contributed by atoms with van der Waals surface area (Å²) in [7, 11) is 4.07. The molecule has 0 bridgehead atoms. The van der Waals surface area contributed by atoms with E-state index in [1.54, 1.807) is 0 Å². The lowest BCUT2D eigenvalue weighted by molar-refractivity contribution is -0.113. The Labute approximate surface area is 199 Å². The molecular formula is C30H28FNO2. The van der Waals surface area contributed by atoms with Crippen LogP contribution < -0.4 is 15.3 Å². The summed E-state index contributed by atoms with van der Waals surface area (Å²) in [6.45, 7) is 4.08. The lowest BCUT2D eigenvalue weighted by Crippen LogP contribution is -2.49. The van der Waals surface area contributed by atoms with Gasteiger partial charge in [-0.05, 0) is 75.5 Å². The van der Waals surface area contributed by atoms with Gasteiger partial charge in [-0.25, -0.2) is 4.39 Å². The van der Waals surface area contributed by atoms with Gasteiger partial charge in [0.1, 0.15) is 12.1 Å². The lowest BCUT2D eigenvalue weighted by atomic mass is 9.62. The number of fused-ring (bicyclic) bond motifs is 5. The number of aldehydes is 1. The van der Waals surface area contributed by atoms with Gasteiger partial charge >= 0.3 is 0 Å². The third-order valence-electron chi connectivity index (χ3n) is 7.55. The number of anilines is 1. The molecule has 2 atom stereocenters. The Bertz CT molecular complexity index is 1430. The zero-order valence-electron chi connectivity index (χ0n) is 19.9. The van der Waals surface area contributed by atoms with Crippen molar-refractivity contribution in [2.75, 3.05) is 19.0 Å². The Morgan fingerprint density at radius 1 is 1.00 bits per heavy atom. The molecule has 3 aromatic carbocycles. The highest BCUT2D eigenvalue weighted by Crippen LogP contribution is 2.39. The summed E-state index contributed by atoms with van der Waals surface area (Å²) < 4.78 is 13.5. The standard InChI is InChI=1S/C30H28FNO2/c1-30(2)27-14-13-22-23(12-8-18-7-11-21(32(3)4)15-24(18)22)25(27)16-26(28(30)17-33)29(34)19-5-9-20(31)10-6-19/h5-7,9-17,26,28H,8H2,1-4H3. The van der Waals surface area contributed by atoms with E-state index >= 15 is 0 Å². The van der Waals surface area contributed by atoms with Gasteiger partial charge < -0.3 is 9.69 Å². The van der Waals surface area contributed by atoms with Crippen LogP contribution in [0.25, 0.3) is 23.3 Å². The van der Waals surface area contributed by atoms with E-state index in [-0.39, 0.29) is 11.6 Å². The molecule has 0 aromatic heterocycles. The predicted octanol–water partition coefficient (Wildman–Crippen LogP) is 4.28. The minimum Gasteiger partial charge on any atom is -0.378 e. The topological polar surface area (TPSA) is 37.4 Å². The van der Waals surface area contributed by atoms with E-state index in [0.717, 1.165) is 40.0 Å². The van der Waals surface area contributed by atoms with Gasteiger partial charge in [-0.1, -0.05) is 44.2 Å². The maximum atomic E-state index is 13.5. The van der Waals surface area contributed by atoms with Crippen molar-refractivity contribution in [3.05, 3.63) is 87.5 Å². The summed E-state index contributed by atoms with van der Waals surface area (Å²) in [5, 5.41) is 2.15. The van der Waals surface area contributed by atoms with Gasteiger partial charge in [0.25, 0.3) is 0 Å². The molecule has 3 nitrogen and oxygen atoms in total. The highest BCUT2D eigenvalue weighted by Gasteiger charge is 2.43. The second-order valence-corrected chi connectivity index (χ2v) is 10.1. The zero-order valence-corrected chi connectivity index (χ0v) is 19.9. The molecule has 0 N–H and O–H groups in total. The largest absolute Gasteiger partial charge is 0.378 e. The number of Topliss-reactive ketones (excluding diaryl/α,β-unsaturated/α-hetero) is 1. The van der Waals surface area contributed by atoms with Crippen molar-refractivity contribution in [1.82, 2.24) is 0 Å². The Kier molecular flexibility index (Phi) is 5.27. The molecule has 5 rings (SSSR count). The Balaban J connectivity index is 1.73. The summed E-state index contributed by atoms with van der Waals surface area (Å²) in [5.41, 5.74) is 5.74. The maximum Gasteiger partial charge on any atom is 0.170 e. The van der Waals surface area contributed by atoms with Gasteiger partial charge in [0.05, 0.1) is 5.92 Å². The van der Waals surface area contributed by atoms with E-state index in [9.17, 15) is 14.0 Å². The molecular weight excluding hydrogens is 425 g/mol. The first-order valence-corrected chi connectivity index (χ1v) is 11.6. The second kappa shape index (κ2) is 8.05. The van der Waals surface area contributed by atoms with E-state index in [2.05, 4.69) is 41.3 Å². The summed E-state index contributed by atoms with van der Waals surface area (Å²) >= 11 is 0. The number of nitrogens with zero attached hydrogens (tertiary/aromatic N) is 1. The number of hydrogen-bond donors (Lipinski definition) is 0. The first-order chi connectivity index (χ1) is 16.2. The van der Waals surface area contributed by atoms with Crippen molar-refractivity contribution in [3.8, 4) is 11.1 Å². The first-order valence-electron chi connectivity index (χ1n) is 11.6. The molecule has 0 aliphatic heterocycles. The number of rotatable bonds is 4. The van der Waals surface area contributed by atoms with E-state index < -0.39 is 17.3 Å². The van der Waals surface area contributed by atoms with Crippen LogP contribution in [0.4, 0.5) is 10.1 Å². The molecule has 2 aliphatic carbocycles. The molecule has 0 fully saturated rings. The van der Waals surface area contributed by atoms with Crippen LogP contribution in [-0.4, -0.2) is 26.2 Å². The van der Waals surface area contributed by atoms with Gasteiger partial charge in [0.2, 0.25) is 0 Å². The smallest absolute Gasteiger partial charge is 0.170 e. The summed E-state index contributed by atoms with van der Waals surface area (Å²) in [4.78, 5) is 27.9. The number of halogens is 1. The highest BCUT2D eigenvalue weighted by molar-refractivity contribution is 6.03. The molecule has 4 heteroatoms. The maximum absolute atomic E-state index is 13.5. The molecule has 172 valence electrons. The summed E-state index contributed by atoms with van der Waals surface area (Å²) in [6.07, 6.45) is 5.93. The van der Waals surface area contributed by atoms with Crippen molar-refractivity contribution < 1.29 is 14.0 Å². The quantitative estimate of drug-likeness (QED) is 0.437. The third kappa shape index (κ3) is 3.40. The normalized spacial score (nSPS) is 19.6. The van der Waals surface area contributed by atoms with Gasteiger partial charge in [-0.3, -0.25) is 4.79 Å². The summed E-state index contributed by atoms with van der Waals surface area (Å²) in [6, 6.07) is 16.4. The minimum absolute atomic E-state index is 0.153. The van der Waals surface area contributed by atoms with Gasteiger partial charge in [0, 0.05) is 36.7 Å². The van der Waals surface area contributed by atoms with Gasteiger partial charge in [0.15, 0.2) is 5.78 Å². The Morgan fingerprint density at radius 3 is 2.41 bits per heavy atom. The van der Waals surface area contributed by atoms with Crippen molar-refractivity contribution >= 4 is 29.9 Å². The van der Waals surface area contributed by atoms with E-state index in [1.807, 2.05) is 34.0 Å². The molecule has 2 unspecified atom stereocenters. The highest BCUT2D eigenvalue weighted by atomic mass is 19.1. The van der Waals surface area contributed by atoms with E-state index in [4.69, 9.17) is 0 Å². The first kappa shape index (κ1) is 22.3. The van der Waals surface area contributed by atoms with Crippen molar-refractivity contribution in [2.24, 2.45) is 11.8 Å². The molecule has 0 saturated carbocycles. The molecule has 0 radical (unpaired) electrons. The number of hydrogen-bond acceptors (Lipinski definition) is 3. The van der Waals surface area contributed by atoms with Crippen molar-refractivity contribution in [1.29, 1.82) is 0 Å². The van der Waals surface area contributed by atoms with Gasteiger partial charge in [-0.2, -0.15) is 0 Å². The molecule has 2 aliphatic rings. The number of carbonyl (C=O) groups excluding carboxylic acids is 2. The van der Waals surface area contributed by atoms with Crippen LogP contribution in [0.5, 0.6) is 0 Å². The van der Waals surface area contributed by atoms with Crippen molar-refractivity contribution in [2.45, 2.75) is 25.7 Å². The third-order valence-corrected chi connectivity index (χ3v) is 7.55. The number of benzene rings is 3. The fourth-order valence-corrected chi connectivity index (χ4v) is 5.53. The van der Waals surface area contributed by atoms with Crippen LogP contribution in [0.2, 0.25) is 0 Å². The average Bonchev–Trinajstić information content (AvgIpc) is 2.82. The second-order valence-electron chi connectivity index (χ2n) is 10.1. The monoisotopic (exact) mass is 453 g/mol. The predicted molar refractivity (Wildman–Crippen MR) is 135 cm³/mol. The SMILES string of the molecule is CN(C)c1ccc2c(c1)-c1ccc3c(c1=CC2)=CC(C(=O)c1ccc(F)cc1)C(C=O)C3(C)C. The van der Waals surface area contributed by atoms with Crippen LogP contribution in [0, 0.1) is 17.7 Å². The van der Waals surface area contributed by atoms with E-state index in [1.165, 1.54) is 35.4 Å². The van der Waals surface area contributed by atoms with Crippen molar-refractivity contribution in [3.63, 3.8) is 0 Å². The van der Waals surface area contributed by atoms with Crippen LogP contribution >= 0.6 is 0 Å². The fourth-order valence-electron chi connectivity index (χ4n) is 5.53. The van der Waals surface area contributed by atoms with Crippen LogP contribution in [0.15, 0.2) is 54.6 Å². The average molecular weight is 454 g/mol. The molecule has 0 heterocycles. The Morgan fingerprint density at radius 2 is 1.74 bits per heavy atom. The molecule has 3 aromatic rings. The molecule has 0 spiro atoms. The lowest BCUT2D eigenvalue weighted by Gasteiger charge is -2.39. The van der Waals surface area contributed by atoms with Crippen LogP contribution in [0.3, 0.4) is 0 Å². The van der Waals surface area contributed by atoms with E-state index in [0.29, 0.717) is 5.56 Å². The summed E-state index contributed by atoms with van der Waals surface area (Å²) in [5.74, 6) is -1.66. The van der Waals surface area contributed by atoms with Gasteiger partial charge in [-0.15, -0.1) is 0 Å². The zero-order chi connectivity index (χ0) is 24.2. The minimum atomic E-state index is -0.611. The molecule has 34 heavy (non-hydrogen) atoms. The molecule has 0 amide bonds. The number of carbonyl (C=O) groups is 2. The van der Waals surface area contributed by atoms with Crippen LogP contribution in [0.1, 0.15) is 35.3 Å². The fraction of sp³-hybridized carbons (Fsp3) is 0.267. The number of ketones is 1. The Hall–Kier alpha value is -3.53. The van der Waals surface area contributed by atoms with Crippen LogP contribution in [-0.2, 0) is 16.6 Å².